The summed E-state index contributed by atoms with van der Waals surface area (Å²) in [4.78, 5) is 2.04. The number of ether oxygens (including phenoxy) is 2. The minimum absolute atomic E-state index is 0.740. The average molecular weight is 310 g/mol. The van der Waals surface area contributed by atoms with Gasteiger partial charge in [0.15, 0.2) is 16.6 Å². The molecule has 0 atom stereocenters. The van der Waals surface area contributed by atoms with Gasteiger partial charge in [0.05, 0.1) is 14.2 Å². The SMILES string of the molecule is CCCCNC(=S)N(C)Cc1cc(OC)c(OC)cc1C. The van der Waals surface area contributed by atoms with Crippen molar-refractivity contribution in [1.29, 1.82) is 0 Å². The summed E-state index contributed by atoms with van der Waals surface area (Å²) in [6, 6.07) is 4.01. The molecule has 0 heterocycles. The van der Waals surface area contributed by atoms with E-state index in [0.29, 0.717) is 0 Å². The number of aryl methyl sites for hydroxylation is 1. The molecule has 0 fully saturated rings. The van der Waals surface area contributed by atoms with Crippen molar-refractivity contribution in [3.05, 3.63) is 23.3 Å². The highest BCUT2D eigenvalue weighted by molar-refractivity contribution is 7.80. The van der Waals surface area contributed by atoms with Crippen LogP contribution in [0.5, 0.6) is 11.5 Å². The Morgan fingerprint density at radius 2 is 1.86 bits per heavy atom. The Kier molecular flexibility index (Phi) is 7.29. The maximum atomic E-state index is 5.40. The number of nitrogens with one attached hydrogen (secondary N) is 1. The van der Waals surface area contributed by atoms with E-state index < -0.39 is 0 Å². The van der Waals surface area contributed by atoms with Gasteiger partial charge in [-0.15, -0.1) is 0 Å². The highest BCUT2D eigenvalue weighted by atomic mass is 32.1. The minimum atomic E-state index is 0.740. The standard InChI is InChI=1S/C16H26N2O2S/c1-6-7-8-17-16(21)18(3)11-13-10-15(20-5)14(19-4)9-12(13)2/h9-10H,6-8,11H2,1-5H3,(H,17,21). The minimum Gasteiger partial charge on any atom is -0.493 e. The van der Waals surface area contributed by atoms with Gasteiger partial charge in [-0.05, 0) is 48.8 Å². The first-order valence-electron chi connectivity index (χ1n) is 7.23. The molecular formula is C16H26N2O2S. The van der Waals surface area contributed by atoms with Crippen molar-refractivity contribution in [3.8, 4) is 11.5 Å². The smallest absolute Gasteiger partial charge is 0.168 e. The van der Waals surface area contributed by atoms with Crippen LogP contribution in [-0.4, -0.2) is 37.8 Å². The molecule has 0 saturated carbocycles. The fourth-order valence-corrected chi connectivity index (χ4v) is 2.19. The second-order valence-corrected chi connectivity index (χ2v) is 5.46. The van der Waals surface area contributed by atoms with E-state index in [2.05, 4.69) is 19.2 Å². The number of hydrogen-bond donors (Lipinski definition) is 1. The Balaban J connectivity index is 2.75. The maximum Gasteiger partial charge on any atom is 0.168 e. The lowest BCUT2D eigenvalue weighted by molar-refractivity contribution is 0.353. The monoisotopic (exact) mass is 310 g/mol. The largest absolute Gasteiger partial charge is 0.493 e. The van der Waals surface area contributed by atoms with Gasteiger partial charge in [-0.2, -0.15) is 0 Å². The molecule has 0 aromatic heterocycles. The van der Waals surface area contributed by atoms with Crippen LogP contribution in [0, 0.1) is 6.92 Å². The van der Waals surface area contributed by atoms with Crippen molar-refractivity contribution in [2.24, 2.45) is 0 Å². The summed E-state index contributed by atoms with van der Waals surface area (Å²) in [5.41, 5.74) is 2.34. The zero-order valence-corrected chi connectivity index (χ0v) is 14.5. The molecule has 0 bridgehead atoms. The van der Waals surface area contributed by atoms with Crippen molar-refractivity contribution in [2.45, 2.75) is 33.2 Å². The molecule has 0 spiro atoms. The molecule has 118 valence electrons. The van der Waals surface area contributed by atoms with E-state index in [0.717, 1.165) is 48.1 Å². The Bertz CT molecular complexity index is 478. The third-order valence-corrected chi connectivity index (χ3v) is 3.86. The van der Waals surface area contributed by atoms with E-state index in [1.807, 2.05) is 24.1 Å². The van der Waals surface area contributed by atoms with E-state index >= 15 is 0 Å². The van der Waals surface area contributed by atoms with Crippen molar-refractivity contribution in [2.75, 3.05) is 27.8 Å². The number of benzene rings is 1. The van der Waals surface area contributed by atoms with Crippen LogP contribution in [0.15, 0.2) is 12.1 Å². The number of thiocarbonyl (C=S) groups is 1. The van der Waals surface area contributed by atoms with Crippen molar-refractivity contribution in [3.63, 3.8) is 0 Å². The second-order valence-electron chi connectivity index (χ2n) is 5.08. The fourth-order valence-electron chi connectivity index (χ4n) is 2.03. The van der Waals surface area contributed by atoms with Gasteiger partial charge < -0.3 is 19.7 Å². The summed E-state index contributed by atoms with van der Waals surface area (Å²) >= 11 is 5.40. The summed E-state index contributed by atoms with van der Waals surface area (Å²) in [7, 11) is 5.30. The molecule has 1 aromatic carbocycles. The zero-order valence-electron chi connectivity index (χ0n) is 13.7. The van der Waals surface area contributed by atoms with Crippen LogP contribution in [0.1, 0.15) is 30.9 Å². The van der Waals surface area contributed by atoms with Crippen LogP contribution in [0.4, 0.5) is 0 Å². The van der Waals surface area contributed by atoms with Gasteiger partial charge in [-0.25, -0.2) is 0 Å². The molecule has 21 heavy (non-hydrogen) atoms. The van der Waals surface area contributed by atoms with Crippen LogP contribution in [0.2, 0.25) is 0 Å². The Morgan fingerprint density at radius 1 is 1.24 bits per heavy atom. The second kappa shape index (κ2) is 8.72. The summed E-state index contributed by atoms with van der Waals surface area (Å²) < 4.78 is 10.7. The first kappa shape index (κ1) is 17.6. The molecule has 0 aliphatic rings. The summed E-state index contributed by atoms with van der Waals surface area (Å²) in [5.74, 6) is 1.50. The van der Waals surface area contributed by atoms with Crippen LogP contribution in [0.25, 0.3) is 0 Å². The molecule has 4 nitrogen and oxygen atoms in total. The Hall–Kier alpha value is -1.49. The maximum absolute atomic E-state index is 5.40. The number of hydrogen-bond acceptors (Lipinski definition) is 3. The summed E-state index contributed by atoms with van der Waals surface area (Å²) in [6.07, 6.45) is 2.29. The molecule has 1 aromatic rings. The molecule has 5 heteroatoms. The van der Waals surface area contributed by atoms with Crippen molar-refractivity contribution >= 4 is 17.3 Å². The number of unbranched alkanes of at least 4 members (excludes halogenated alkanes) is 1. The lowest BCUT2D eigenvalue weighted by Gasteiger charge is -2.22. The fraction of sp³-hybridized carbons (Fsp3) is 0.562. The molecule has 0 radical (unpaired) electrons. The predicted molar refractivity (Wildman–Crippen MR) is 91.3 cm³/mol. The predicted octanol–water partition coefficient (Wildman–Crippen LogP) is 3.12. The van der Waals surface area contributed by atoms with E-state index in [1.165, 1.54) is 5.56 Å². The topological polar surface area (TPSA) is 33.7 Å². The lowest BCUT2D eigenvalue weighted by atomic mass is 10.1. The molecule has 0 amide bonds. The van der Waals surface area contributed by atoms with E-state index in [4.69, 9.17) is 21.7 Å². The van der Waals surface area contributed by atoms with Gasteiger partial charge in [-0.3, -0.25) is 0 Å². The van der Waals surface area contributed by atoms with E-state index in [-0.39, 0.29) is 0 Å². The van der Waals surface area contributed by atoms with Crippen molar-refractivity contribution in [1.82, 2.24) is 10.2 Å². The Labute approximate surface area is 133 Å². The average Bonchev–Trinajstić information content (AvgIpc) is 2.48. The third-order valence-electron chi connectivity index (χ3n) is 3.40. The van der Waals surface area contributed by atoms with Gasteiger partial charge in [0.2, 0.25) is 0 Å². The van der Waals surface area contributed by atoms with Crippen LogP contribution < -0.4 is 14.8 Å². The third kappa shape index (κ3) is 5.08. The molecule has 0 aliphatic heterocycles. The molecule has 0 saturated heterocycles. The lowest BCUT2D eigenvalue weighted by Crippen LogP contribution is -2.37. The molecule has 1 rings (SSSR count). The number of nitrogens with zero attached hydrogens (tertiary/aromatic N) is 1. The Morgan fingerprint density at radius 3 is 2.43 bits per heavy atom. The molecule has 0 unspecified atom stereocenters. The zero-order chi connectivity index (χ0) is 15.8. The molecule has 1 N–H and O–H groups in total. The van der Waals surface area contributed by atoms with Gasteiger partial charge in [-0.1, -0.05) is 13.3 Å². The van der Waals surface area contributed by atoms with Gasteiger partial charge in [0, 0.05) is 20.1 Å². The van der Waals surface area contributed by atoms with Gasteiger partial charge in [0.1, 0.15) is 0 Å². The first-order valence-corrected chi connectivity index (χ1v) is 7.64. The summed E-state index contributed by atoms with van der Waals surface area (Å²) in [6.45, 7) is 5.90. The van der Waals surface area contributed by atoms with Gasteiger partial charge >= 0.3 is 0 Å². The summed E-state index contributed by atoms with van der Waals surface area (Å²) in [5, 5.41) is 4.05. The van der Waals surface area contributed by atoms with Gasteiger partial charge in [0.25, 0.3) is 0 Å². The molecule has 0 aliphatic carbocycles. The van der Waals surface area contributed by atoms with Crippen LogP contribution >= 0.6 is 12.2 Å². The highest BCUT2D eigenvalue weighted by Gasteiger charge is 2.11. The number of rotatable bonds is 7. The first-order chi connectivity index (χ1) is 10.0. The van der Waals surface area contributed by atoms with E-state index in [1.54, 1.807) is 14.2 Å². The van der Waals surface area contributed by atoms with Crippen LogP contribution in [0.3, 0.4) is 0 Å². The normalized spacial score (nSPS) is 10.1. The van der Waals surface area contributed by atoms with E-state index in [9.17, 15) is 0 Å². The highest BCUT2D eigenvalue weighted by Crippen LogP contribution is 2.30. The number of methoxy groups -OCH3 is 2. The van der Waals surface area contributed by atoms with Crippen molar-refractivity contribution < 1.29 is 9.47 Å². The van der Waals surface area contributed by atoms with Crippen LogP contribution in [-0.2, 0) is 6.54 Å². The quantitative estimate of drug-likeness (QED) is 0.618. The molecular weight excluding hydrogens is 284 g/mol.